The predicted molar refractivity (Wildman–Crippen MR) is 204 cm³/mol. The first-order chi connectivity index (χ1) is 26.2. The summed E-state index contributed by atoms with van der Waals surface area (Å²) in [6, 6.07) is 9.79. The van der Waals surface area contributed by atoms with Crippen molar-refractivity contribution in [1.29, 1.82) is 0 Å². The Morgan fingerprint density at radius 2 is 1.31 bits per heavy atom. The molecule has 0 saturated heterocycles. The SMILES string of the molecule is COc1ccc(-c2cc(=O)n(CCC(C)(SC)C3=NOB(O/C(=N\O)C(C)(CCn4cc(F)c(-c5ccc(OC)cc5F)cc4=O)SC)O3)cc2F)c(F)c1. The van der Waals surface area contributed by atoms with E-state index in [1.165, 1.54) is 62.0 Å². The number of benzene rings is 2. The number of pyridine rings is 2. The van der Waals surface area contributed by atoms with Crippen molar-refractivity contribution in [2.75, 3.05) is 26.7 Å². The van der Waals surface area contributed by atoms with Gasteiger partial charge < -0.3 is 37.9 Å². The molecule has 0 amide bonds. The lowest BCUT2D eigenvalue weighted by Gasteiger charge is -2.29. The van der Waals surface area contributed by atoms with Gasteiger partial charge in [0.1, 0.15) is 34.8 Å². The van der Waals surface area contributed by atoms with Crippen molar-refractivity contribution >= 4 is 42.6 Å². The smallest absolute Gasteiger partial charge is 0.497 e. The summed E-state index contributed by atoms with van der Waals surface area (Å²) >= 11 is 2.53. The summed E-state index contributed by atoms with van der Waals surface area (Å²) in [5, 5.41) is 17.3. The van der Waals surface area contributed by atoms with Crippen molar-refractivity contribution in [2.45, 2.75) is 49.3 Å². The highest BCUT2D eigenvalue weighted by Gasteiger charge is 2.48. The summed E-state index contributed by atoms with van der Waals surface area (Å²) in [5.41, 5.74) is -1.75. The van der Waals surface area contributed by atoms with E-state index in [-0.39, 0.29) is 71.5 Å². The lowest BCUT2D eigenvalue weighted by atomic mass is 10.0. The summed E-state index contributed by atoms with van der Waals surface area (Å²) in [7, 11) is 1.25. The predicted octanol–water partition coefficient (Wildman–Crippen LogP) is 6.79. The fourth-order valence-corrected chi connectivity index (χ4v) is 6.75. The van der Waals surface area contributed by atoms with Crippen LogP contribution in [-0.2, 0) is 27.2 Å². The van der Waals surface area contributed by atoms with Crippen molar-refractivity contribution in [3.8, 4) is 33.8 Å². The highest BCUT2D eigenvalue weighted by Crippen LogP contribution is 2.35. The molecule has 2 aromatic heterocycles. The topological polar surface area (TPSA) is 135 Å². The average molecular weight is 805 g/mol. The Kier molecular flexibility index (Phi) is 12.9. The maximum Gasteiger partial charge on any atom is 0.888 e. The number of aromatic nitrogens is 2. The van der Waals surface area contributed by atoms with Crippen LogP contribution in [0.1, 0.15) is 26.7 Å². The number of rotatable bonds is 15. The van der Waals surface area contributed by atoms with Gasteiger partial charge in [-0.15, -0.1) is 23.5 Å². The number of hydrogen-bond donors (Lipinski definition) is 1. The zero-order valence-electron chi connectivity index (χ0n) is 30.6. The molecule has 0 bridgehead atoms. The molecular weight excluding hydrogens is 767 g/mol. The van der Waals surface area contributed by atoms with Gasteiger partial charge in [0.2, 0.25) is 11.8 Å². The van der Waals surface area contributed by atoms with Crippen LogP contribution in [0.2, 0.25) is 0 Å². The molecule has 2 atom stereocenters. The Labute approximate surface area is 322 Å². The maximum atomic E-state index is 15.2. The maximum absolute atomic E-state index is 15.2. The third-order valence-electron chi connectivity index (χ3n) is 9.28. The van der Waals surface area contributed by atoms with Gasteiger partial charge in [0.05, 0.1) is 23.7 Å². The second-order valence-corrected chi connectivity index (χ2v) is 15.2. The average Bonchev–Trinajstić information content (AvgIpc) is 3.66. The van der Waals surface area contributed by atoms with Gasteiger partial charge in [-0.2, -0.15) is 0 Å². The molecule has 0 fully saturated rings. The molecule has 0 spiro atoms. The molecule has 1 aliphatic heterocycles. The van der Waals surface area contributed by atoms with Gasteiger partial charge in [-0.1, -0.05) is 10.3 Å². The minimum Gasteiger partial charge on any atom is -0.497 e. The van der Waals surface area contributed by atoms with Crippen molar-refractivity contribution in [3.05, 3.63) is 105 Å². The highest BCUT2D eigenvalue weighted by molar-refractivity contribution is 8.01. The van der Waals surface area contributed by atoms with E-state index in [1.54, 1.807) is 26.4 Å². The zero-order chi connectivity index (χ0) is 40.1. The number of hydrogen-bond acceptors (Lipinski definition) is 12. The lowest BCUT2D eigenvalue weighted by molar-refractivity contribution is 0.224. The fourth-order valence-electron chi connectivity index (χ4n) is 5.63. The molecule has 2 aromatic carbocycles. The van der Waals surface area contributed by atoms with Crippen molar-refractivity contribution in [2.24, 2.45) is 10.3 Å². The molecule has 0 saturated carbocycles. The Morgan fingerprint density at radius 1 is 0.800 bits per heavy atom. The normalized spacial score (nSPS) is 15.1. The standard InChI is InChI=1S/C36H37BF4N4O8S2/c1-35(54-5,11-13-44-19-29(40)25(17-31(44)46)23-9-7-21(49-3)15-27(23)38)33(42-48)51-37-52-34(43-53-37)36(2,55-6)12-14-45-20-30(41)26(18-32(45)47)24-10-8-22(50-4)16-28(24)39/h7-10,15-20,48H,11-14H2,1-6H3/b42-33-. The van der Waals surface area contributed by atoms with E-state index in [4.69, 9.17) is 23.5 Å². The third kappa shape index (κ3) is 8.93. The van der Waals surface area contributed by atoms with Crippen LogP contribution in [0, 0.1) is 23.3 Å². The molecule has 12 nitrogen and oxygen atoms in total. The minimum atomic E-state index is -1.49. The largest absolute Gasteiger partial charge is 0.888 e. The van der Waals surface area contributed by atoms with Crippen molar-refractivity contribution in [3.63, 3.8) is 0 Å². The first-order valence-electron chi connectivity index (χ1n) is 16.6. The quantitative estimate of drug-likeness (QED) is 0.0342. The van der Waals surface area contributed by atoms with Crippen LogP contribution in [-0.4, -0.2) is 69.7 Å². The molecule has 0 aliphatic carbocycles. The molecule has 2 unspecified atom stereocenters. The number of thioether (sulfide) groups is 2. The van der Waals surface area contributed by atoms with Gasteiger partial charge in [0, 0.05) is 72.0 Å². The Balaban J connectivity index is 1.23. The molecule has 55 heavy (non-hydrogen) atoms. The minimum absolute atomic E-state index is 0.0241. The molecule has 4 aromatic rings. The van der Waals surface area contributed by atoms with Crippen LogP contribution < -0.4 is 20.6 Å². The highest BCUT2D eigenvalue weighted by atomic mass is 32.2. The Hall–Kier alpha value is -5.04. The summed E-state index contributed by atoms with van der Waals surface area (Å²) in [5.74, 6) is -2.80. The van der Waals surface area contributed by atoms with E-state index in [0.29, 0.717) is 0 Å². The second-order valence-electron chi connectivity index (χ2n) is 12.6. The van der Waals surface area contributed by atoms with Crippen molar-refractivity contribution in [1.82, 2.24) is 9.13 Å². The molecule has 1 N–H and O–H groups in total. The van der Waals surface area contributed by atoms with E-state index >= 15 is 8.78 Å². The zero-order valence-corrected chi connectivity index (χ0v) is 32.2. The third-order valence-corrected chi connectivity index (χ3v) is 11.8. The molecule has 0 radical (unpaired) electrons. The summed E-state index contributed by atoms with van der Waals surface area (Å²) in [6.45, 7) is 3.41. The van der Waals surface area contributed by atoms with Crippen LogP contribution in [0.5, 0.6) is 11.5 Å². The summed E-state index contributed by atoms with van der Waals surface area (Å²) < 4.78 is 86.9. The van der Waals surface area contributed by atoms with Crippen LogP contribution >= 0.6 is 23.5 Å². The van der Waals surface area contributed by atoms with Gasteiger partial charge in [0.25, 0.3) is 11.1 Å². The lowest BCUT2D eigenvalue weighted by Crippen LogP contribution is -2.42. The van der Waals surface area contributed by atoms with E-state index in [1.807, 2.05) is 0 Å². The van der Waals surface area contributed by atoms with E-state index in [0.717, 1.165) is 45.8 Å². The van der Waals surface area contributed by atoms with E-state index < -0.39 is 51.2 Å². The number of halogens is 4. The second kappa shape index (κ2) is 17.2. The van der Waals surface area contributed by atoms with Crippen LogP contribution in [0.3, 0.4) is 0 Å². The number of oxime groups is 2. The first kappa shape index (κ1) is 41.1. The van der Waals surface area contributed by atoms with Crippen LogP contribution in [0.4, 0.5) is 17.6 Å². The number of nitrogens with zero attached hydrogens (tertiary/aromatic N) is 4. The molecule has 3 heterocycles. The molecule has 5 rings (SSSR count). The van der Waals surface area contributed by atoms with Crippen LogP contribution in [0.25, 0.3) is 22.3 Å². The molecule has 19 heteroatoms. The van der Waals surface area contributed by atoms with Crippen molar-refractivity contribution < 1.29 is 46.3 Å². The van der Waals surface area contributed by atoms with Gasteiger partial charge in [0.15, 0.2) is 0 Å². The fraction of sp³-hybridized carbons (Fsp3) is 0.333. The molecular formula is C36H37BF4N4O8S2. The Morgan fingerprint density at radius 3 is 1.75 bits per heavy atom. The first-order valence-corrected chi connectivity index (χ1v) is 19.0. The van der Waals surface area contributed by atoms with Gasteiger partial charge in [-0.05, 0) is 63.5 Å². The molecule has 292 valence electrons. The molecule has 1 aliphatic rings. The number of ether oxygens (including phenoxy) is 2. The number of methoxy groups -OCH3 is 2. The van der Waals surface area contributed by atoms with Gasteiger partial charge >= 0.3 is 7.32 Å². The monoisotopic (exact) mass is 804 g/mol. The van der Waals surface area contributed by atoms with Crippen LogP contribution in [0.15, 0.2) is 80.8 Å². The summed E-state index contributed by atoms with van der Waals surface area (Å²) in [6.07, 6.45) is 5.77. The number of aryl methyl sites for hydroxylation is 2. The Bertz CT molecular complexity index is 2240. The van der Waals surface area contributed by atoms with E-state index in [2.05, 4.69) is 10.3 Å². The summed E-state index contributed by atoms with van der Waals surface area (Å²) in [4.78, 5) is 26.0. The van der Waals surface area contributed by atoms with E-state index in [9.17, 15) is 23.6 Å². The van der Waals surface area contributed by atoms with Gasteiger partial charge in [-0.25, -0.2) is 17.6 Å². The van der Waals surface area contributed by atoms with Gasteiger partial charge in [-0.3, -0.25) is 9.59 Å².